The van der Waals surface area contributed by atoms with Gasteiger partial charge in [0.2, 0.25) is 0 Å². The van der Waals surface area contributed by atoms with Crippen molar-refractivity contribution in [2.45, 2.75) is 52.4 Å². The maximum Gasteiger partial charge on any atom is 0.136 e. The largest absolute Gasteiger partial charge is 0.509 e. The van der Waals surface area contributed by atoms with Gasteiger partial charge >= 0.3 is 0 Å². The Bertz CT molecular complexity index is 2950. The molecule has 0 amide bonds. The number of benzene rings is 6. The zero-order valence-electron chi connectivity index (χ0n) is 32.7. The topological polar surface area (TPSA) is 46.7 Å². The van der Waals surface area contributed by atoms with Crippen LogP contribution in [-0.4, -0.2) is 9.55 Å². The third-order valence-corrected chi connectivity index (χ3v) is 10.9. The van der Waals surface area contributed by atoms with E-state index < -0.39 is 0 Å². The van der Waals surface area contributed by atoms with Crippen molar-refractivity contribution in [3.05, 3.63) is 164 Å². The molecule has 6 nitrogen and oxygen atoms in total. The summed E-state index contributed by atoms with van der Waals surface area (Å²) in [6.45, 7) is 15.4. The SMILES string of the molecule is CC(C)(C)c1ccc(N2[CH-]N(c3[c-]c(Oc4[c-]c5c(cc4)c4oc6ccc7ccccc7c6c4n5-c4ccc(C(C)(C)C)cn4)ccc3)c3ccccc32)cc1.[Pt]. The fourth-order valence-corrected chi connectivity index (χ4v) is 7.82. The second kappa shape index (κ2) is 13.7. The predicted octanol–water partition coefficient (Wildman–Crippen LogP) is 13.5. The van der Waals surface area contributed by atoms with Crippen LogP contribution in [0.15, 0.2) is 138 Å². The van der Waals surface area contributed by atoms with Gasteiger partial charge in [0.15, 0.2) is 0 Å². The number of para-hydroxylation sites is 2. The summed E-state index contributed by atoms with van der Waals surface area (Å²) in [7, 11) is 0. The van der Waals surface area contributed by atoms with Crippen molar-refractivity contribution in [2.24, 2.45) is 0 Å². The van der Waals surface area contributed by atoms with Gasteiger partial charge in [0, 0.05) is 55.8 Å². The quantitative estimate of drug-likeness (QED) is 0.161. The first-order valence-corrected chi connectivity index (χ1v) is 19.1. The van der Waals surface area contributed by atoms with E-state index in [0.717, 1.165) is 72.3 Å². The molecule has 7 heteroatoms. The fourth-order valence-electron chi connectivity index (χ4n) is 7.82. The molecule has 0 atom stereocenters. The van der Waals surface area contributed by atoms with Gasteiger partial charge in [-0.25, -0.2) is 4.98 Å². The van der Waals surface area contributed by atoms with E-state index in [4.69, 9.17) is 14.1 Å². The second-order valence-electron chi connectivity index (χ2n) is 16.7. The summed E-state index contributed by atoms with van der Waals surface area (Å²) in [5, 5.41) is 4.27. The fraction of sp³-hybridized carbons (Fsp3) is 0.160. The van der Waals surface area contributed by atoms with Crippen molar-refractivity contribution in [2.75, 3.05) is 9.80 Å². The zero-order valence-corrected chi connectivity index (χ0v) is 35.0. The van der Waals surface area contributed by atoms with Crippen LogP contribution in [0.4, 0.5) is 22.7 Å². The van der Waals surface area contributed by atoms with Gasteiger partial charge in [0.05, 0.1) is 10.9 Å². The second-order valence-corrected chi connectivity index (χ2v) is 16.7. The number of hydrogen-bond donors (Lipinski definition) is 0. The molecule has 0 spiro atoms. The first-order valence-electron chi connectivity index (χ1n) is 19.1. The monoisotopic (exact) mass is 924 g/mol. The van der Waals surface area contributed by atoms with Crippen LogP contribution in [0.2, 0.25) is 0 Å². The zero-order chi connectivity index (χ0) is 38.3. The van der Waals surface area contributed by atoms with Crippen LogP contribution in [0.25, 0.3) is 49.6 Å². The van der Waals surface area contributed by atoms with Crippen molar-refractivity contribution in [1.29, 1.82) is 0 Å². The maximum absolute atomic E-state index is 6.65. The summed E-state index contributed by atoms with van der Waals surface area (Å²) < 4.78 is 15.4. The third kappa shape index (κ3) is 6.27. The molecular formula is C50H41N4O2Pt-3. The number of rotatable bonds is 5. The number of hydrogen-bond acceptors (Lipinski definition) is 5. The molecule has 1 aliphatic heterocycles. The van der Waals surface area contributed by atoms with E-state index in [1.807, 2.05) is 24.4 Å². The van der Waals surface area contributed by atoms with Crippen LogP contribution in [0, 0.1) is 18.8 Å². The van der Waals surface area contributed by atoms with Crippen LogP contribution < -0.4 is 14.5 Å². The van der Waals surface area contributed by atoms with Gasteiger partial charge in [-0.3, -0.25) is 0 Å². The number of aromatic nitrogens is 2. The van der Waals surface area contributed by atoms with Crippen LogP contribution >= 0.6 is 0 Å². The number of ether oxygens (including phenoxy) is 1. The number of anilines is 4. The minimum atomic E-state index is -0.0266. The van der Waals surface area contributed by atoms with Crippen molar-refractivity contribution in [3.63, 3.8) is 0 Å². The molecule has 0 fully saturated rings. The Morgan fingerprint density at radius 1 is 0.632 bits per heavy atom. The van der Waals surface area contributed by atoms with E-state index in [9.17, 15) is 0 Å². The Labute approximate surface area is 347 Å². The molecule has 3 aromatic heterocycles. The van der Waals surface area contributed by atoms with E-state index in [1.54, 1.807) is 0 Å². The molecule has 0 N–H and O–H groups in total. The minimum Gasteiger partial charge on any atom is -0.509 e. The average Bonchev–Trinajstić information content (AvgIpc) is 3.87. The number of pyridine rings is 1. The van der Waals surface area contributed by atoms with E-state index in [-0.39, 0.29) is 31.9 Å². The molecule has 6 aromatic carbocycles. The molecule has 1 aliphatic rings. The maximum atomic E-state index is 6.65. The molecule has 0 radical (unpaired) electrons. The van der Waals surface area contributed by atoms with Gasteiger partial charge in [-0.1, -0.05) is 113 Å². The predicted molar refractivity (Wildman–Crippen MR) is 229 cm³/mol. The average molecular weight is 925 g/mol. The number of furan rings is 1. The molecule has 0 unspecified atom stereocenters. The van der Waals surface area contributed by atoms with Crippen LogP contribution in [0.3, 0.4) is 0 Å². The van der Waals surface area contributed by atoms with Gasteiger partial charge in [-0.2, -0.15) is 12.1 Å². The van der Waals surface area contributed by atoms with E-state index in [2.05, 4.69) is 184 Å². The summed E-state index contributed by atoms with van der Waals surface area (Å²) in [5.41, 5.74) is 10.1. The van der Waals surface area contributed by atoms with Crippen LogP contribution in [-0.2, 0) is 31.9 Å². The Hall–Kier alpha value is -5.84. The van der Waals surface area contributed by atoms with Crippen LogP contribution in [0.5, 0.6) is 11.5 Å². The molecule has 0 saturated heterocycles. The van der Waals surface area contributed by atoms with Gasteiger partial charge in [-0.05, 0) is 69.1 Å². The van der Waals surface area contributed by atoms with Gasteiger partial charge < -0.3 is 23.5 Å². The molecule has 0 bridgehead atoms. The Balaban J connectivity index is 0.00000422. The molecule has 0 saturated carbocycles. The molecule has 4 heterocycles. The Morgan fingerprint density at radius 3 is 2.07 bits per heavy atom. The molecule has 0 aliphatic carbocycles. The van der Waals surface area contributed by atoms with Gasteiger partial charge in [-0.15, -0.1) is 42.7 Å². The molecule has 9 aromatic rings. The molecule has 10 rings (SSSR count). The normalized spacial score (nSPS) is 13.2. The molecular weight excluding hydrogens is 884 g/mol. The summed E-state index contributed by atoms with van der Waals surface area (Å²) in [6.07, 6.45) is 1.98. The van der Waals surface area contributed by atoms with Crippen molar-refractivity contribution in [3.8, 4) is 17.3 Å². The van der Waals surface area contributed by atoms with E-state index >= 15 is 0 Å². The third-order valence-electron chi connectivity index (χ3n) is 10.9. The first kappa shape index (κ1) is 36.8. The van der Waals surface area contributed by atoms with Gasteiger partial charge in [0.1, 0.15) is 17.0 Å². The summed E-state index contributed by atoms with van der Waals surface area (Å²) in [6, 6.07) is 51.3. The first-order chi connectivity index (χ1) is 27.0. The van der Waals surface area contributed by atoms with E-state index in [0.29, 0.717) is 11.5 Å². The number of nitrogens with zero attached hydrogens (tertiary/aromatic N) is 4. The standard InChI is InChI=1S/C50H41N4O2.Pt/c1-49(2,3)33-19-22-35(23-20-33)52-31-53(42-17-10-9-16-41(42)52)36-13-11-14-37(28-36)55-38-24-25-40-43(29-38)54(45-27-21-34(30-51-45)50(4,5)6)47-46-39-15-8-7-12-32(39)18-26-44(46)56-48(40)47;/h7-27,30-31H,1-6H3;/q-3;. The van der Waals surface area contributed by atoms with Gasteiger partial charge in [0.25, 0.3) is 0 Å². The number of fused-ring (bicyclic) bond motifs is 8. The summed E-state index contributed by atoms with van der Waals surface area (Å²) in [5.74, 6) is 1.94. The van der Waals surface area contributed by atoms with Crippen molar-refractivity contribution in [1.82, 2.24) is 9.55 Å². The Kier molecular flexibility index (Phi) is 8.82. The Morgan fingerprint density at radius 2 is 1.33 bits per heavy atom. The van der Waals surface area contributed by atoms with Crippen molar-refractivity contribution < 1.29 is 30.2 Å². The smallest absolute Gasteiger partial charge is 0.136 e. The van der Waals surface area contributed by atoms with Crippen molar-refractivity contribution >= 4 is 66.5 Å². The minimum absolute atomic E-state index is 0. The van der Waals surface area contributed by atoms with E-state index in [1.165, 1.54) is 11.1 Å². The molecule has 286 valence electrons. The summed E-state index contributed by atoms with van der Waals surface area (Å²) in [4.78, 5) is 9.41. The molecule has 57 heavy (non-hydrogen) atoms. The summed E-state index contributed by atoms with van der Waals surface area (Å²) >= 11 is 0. The van der Waals surface area contributed by atoms with Crippen LogP contribution in [0.1, 0.15) is 52.7 Å².